The summed E-state index contributed by atoms with van der Waals surface area (Å²) in [6.45, 7) is 14.3. The molecular formula is C43H64N2O9S. The van der Waals surface area contributed by atoms with Gasteiger partial charge in [0.1, 0.15) is 9.84 Å². The van der Waals surface area contributed by atoms with E-state index in [2.05, 4.69) is 43.1 Å². The summed E-state index contributed by atoms with van der Waals surface area (Å²) in [5, 5.41) is 22.8. The lowest BCUT2D eigenvalue weighted by atomic mass is 10.0. The van der Waals surface area contributed by atoms with Crippen LogP contribution in [-0.2, 0) is 14.6 Å². The van der Waals surface area contributed by atoms with Gasteiger partial charge in [-0.1, -0.05) is 132 Å². The maximum atomic E-state index is 11.8. The minimum atomic E-state index is -2.67. The number of nitrogens with one attached hydrogen (secondary N) is 2. The van der Waals surface area contributed by atoms with Crippen LogP contribution in [-0.4, -0.2) is 81.7 Å². The van der Waals surface area contributed by atoms with Crippen LogP contribution in [0.2, 0.25) is 0 Å². The molecule has 0 atom stereocenters. The van der Waals surface area contributed by atoms with Gasteiger partial charge >= 0.3 is 11.9 Å². The standard InChI is InChI=1S/C12H15NO3.C9H9NO3.2C6H6.C5H12.C2H6O2S.C2H6O.CH4/c1-12(2,3)13-10(14)8-6-4-5-7-9(8)11(15)16;1-10-8(11)6-4-2-3-5-7(6)9(12)13;2*1-2-4-6-5-3-1;2*1-5(2,3)4;1-3-2;/h4-7H,1-3H3,(H,13,14)(H,15,16);2-5H,1H3,(H,10,11)(H,12,13);2*1-6H;1-4H3;1-2H3;1-2H3;1H4. The summed E-state index contributed by atoms with van der Waals surface area (Å²) in [6, 6.07) is 36.2. The number of aromatic carboxylic acids is 2. The Morgan fingerprint density at radius 1 is 0.527 bits per heavy atom. The first kappa shape index (κ1) is 56.4. The molecule has 0 fully saturated rings. The number of amides is 2. The van der Waals surface area contributed by atoms with Crippen LogP contribution in [0.15, 0.2) is 121 Å². The Bertz CT molecular complexity index is 1620. The highest BCUT2D eigenvalue weighted by Crippen LogP contribution is 2.11. The van der Waals surface area contributed by atoms with Crippen molar-refractivity contribution < 1.29 is 42.5 Å². The fourth-order valence-electron chi connectivity index (χ4n) is 3.05. The molecule has 2 amide bonds. The molecule has 0 aliphatic heterocycles. The number of ether oxygens (including phenoxy) is 1. The molecule has 0 unspecified atom stereocenters. The van der Waals surface area contributed by atoms with Gasteiger partial charge in [0.25, 0.3) is 11.8 Å². The van der Waals surface area contributed by atoms with E-state index in [0.29, 0.717) is 5.41 Å². The van der Waals surface area contributed by atoms with Gasteiger partial charge in [-0.2, -0.15) is 0 Å². The summed E-state index contributed by atoms with van der Waals surface area (Å²) >= 11 is 0. The second-order valence-electron chi connectivity index (χ2n) is 13.8. The zero-order chi connectivity index (χ0) is 42.4. The van der Waals surface area contributed by atoms with E-state index in [1.807, 2.05) is 93.6 Å². The molecule has 12 heteroatoms. The minimum Gasteiger partial charge on any atom is -0.478 e. The van der Waals surface area contributed by atoms with Crippen LogP contribution >= 0.6 is 0 Å². The molecule has 0 heterocycles. The van der Waals surface area contributed by atoms with Crippen LogP contribution in [0.3, 0.4) is 0 Å². The van der Waals surface area contributed by atoms with Gasteiger partial charge in [0.2, 0.25) is 0 Å². The summed E-state index contributed by atoms with van der Waals surface area (Å²) in [5.74, 6) is -2.96. The number of carbonyl (C=O) groups excluding carboxylic acids is 2. The number of rotatable bonds is 4. The normalized spacial score (nSPS) is 9.60. The molecule has 4 aromatic carbocycles. The molecule has 55 heavy (non-hydrogen) atoms. The van der Waals surface area contributed by atoms with Crippen LogP contribution in [0.4, 0.5) is 0 Å². The minimum absolute atomic E-state index is 0. The smallest absolute Gasteiger partial charge is 0.336 e. The summed E-state index contributed by atoms with van der Waals surface area (Å²) in [6.07, 6.45) is 2.32. The molecule has 0 saturated heterocycles. The van der Waals surface area contributed by atoms with E-state index in [0.717, 1.165) is 12.5 Å². The average molecular weight is 785 g/mol. The van der Waals surface area contributed by atoms with Gasteiger partial charge < -0.3 is 25.6 Å². The maximum Gasteiger partial charge on any atom is 0.336 e. The number of benzene rings is 4. The number of carbonyl (C=O) groups is 4. The quantitative estimate of drug-likeness (QED) is 0.158. The van der Waals surface area contributed by atoms with Crippen molar-refractivity contribution in [2.45, 2.75) is 61.4 Å². The third-order valence-corrected chi connectivity index (χ3v) is 4.85. The highest BCUT2D eigenvalue weighted by Gasteiger charge is 2.20. The second-order valence-corrected chi connectivity index (χ2v) is 16.1. The zero-order valence-corrected chi connectivity index (χ0v) is 34.5. The van der Waals surface area contributed by atoms with Crippen LogP contribution < -0.4 is 10.6 Å². The number of methoxy groups -OCH3 is 1. The van der Waals surface area contributed by atoms with Crippen LogP contribution in [0.25, 0.3) is 0 Å². The largest absolute Gasteiger partial charge is 0.478 e. The molecule has 306 valence electrons. The van der Waals surface area contributed by atoms with Gasteiger partial charge in [-0.15, -0.1) is 0 Å². The molecule has 4 rings (SSSR count). The van der Waals surface area contributed by atoms with Crippen molar-refractivity contribution >= 4 is 33.6 Å². The Balaban J connectivity index is -0.000000297. The van der Waals surface area contributed by atoms with Crippen molar-refractivity contribution in [3.63, 3.8) is 0 Å². The number of carboxylic acids is 2. The Hall–Kier alpha value is -5.33. The molecular weight excluding hydrogens is 721 g/mol. The summed E-state index contributed by atoms with van der Waals surface area (Å²) in [5.41, 5.74) is 0.511. The van der Waals surface area contributed by atoms with Crippen LogP contribution in [0, 0.1) is 5.41 Å². The van der Waals surface area contributed by atoms with Crippen molar-refractivity contribution in [2.24, 2.45) is 5.41 Å². The molecule has 0 bridgehead atoms. The summed E-state index contributed by atoms with van der Waals surface area (Å²) in [7, 11) is 2.04. The lowest BCUT2D eigenvalue weighted by Crippen LogP contribution is -2.41. The SMILES string of the molecule is C.CC(C)(C)C.CC(C)(C)NC(=O)c1ccccc1C(=O)O.CNC(=O)c1ccccc1C(=O)O.COC.CS(C)(=O)=O.c1ccccc1.c1ccccc1. The van der Waals surface area contributed by atoms with Crippen molar-refractivity contribution in [3.05, 3.63) is 144 Å². The Kier molecular flexibility index (Phi) is 31.9. The Morgan fingerprint density at radius 2 is 0.727 bits per heavy atom. The number of hydrogen-bond donors (Lipinski definition) is 4. The molecule has 0 aromatic heterocycles. The fourth-order valence-corrected chi connectivity index (χ4v) is 3.05. The molecule has 4 N–H and O–H groups in total. The third-order valence-electron chi connectivity index (χ3n) is 4.85. The molecule has 0 aliphatic carbocycles. The monoisotopic (exact) mass is 784 g/mol. The molecule has 0 aliphatic rings. The maximum absolute atomic E-state index is 11.8. The Morgan fingerprint density at radius 3 is 0.909 bits per heavy atom. The van der Waals surface area contributed by atoms with Crippen molar-refractivity contribution in [1.29, 1.82) is 0 Å². The first-order chi connectivity index (χ1) is 24.9. The Labute approximate surface area is 330 Å². The van der Waals surface area contributed by atoms with E-state index < -0.39 is 27.7 Å². The van der Waals surface area contributed by atoms with Gasteiger partial charge in [-0.25, -0.2) is 18.0 Å². The molecule has 0 saturated carbocycles. The lowest BCUT2D eigenvalue weighted by molar-refractivity contribution is 0.0682. The molecule has 4 aromatic rings. The first-order valence-electron chi connectivity index (χ1n) is 16.6. The van der Waals surface area contributed by atoms with E-state index in [1.54, 1.807) is 38.5 Å². The van der Waals surface area contributed by atoms with E-state index in [-0.39, 0.29) is 41.1 Å². The van der Waals surface area contributed by atoms with Gasteiger partial charge in [-0.3, -0.25) is 9.59 Å². The zero-order valence-electron chi connectivity index (χ0n) is 33.7. The molecule has 0 spiro atoms. The van der Waals surface area contributed by atoms with Gasteiger partial charge in [-0.05, 0) is 50.5 Å². The summed E-state index contributed by atoms with van der Waals surface area (Å²) < 4.78 is 23.5. The van der Waals surface area contributed by atoms with Crippen molar-refractivity contribution in [3.8, 4) is 0 Å². The predicted octanol–water partition coefficient (Wildman–Crippen LogP) is 8.64. The highest BCUT2D eigenvalue weighted by atomic mass is 32.2. The lowest BCUT2D eigenvalue weighted by Gasteiger charge is -2.21. The first-order valence-corrected chi connectivity index (χ1v) is 18.9. The number of hydrogen-bond acceptors (Lipinski definition) is 7. The summed E-state index contributed by atoms with van der Waals surface area (Å²) in [4.78, 5) is 44.5. The topological polar surface area (TPSA) is 176 Å². The molecule has 11 nitrogen and oxygen atoms in total. The van der Waals surface area contributed by atoms with Gasteiger partial charge in [0.05, 0.1) is 22.3 Å². The van der Waals surface area contributed by atoms with Crippen LogP contribution in [0.1, 0.15) is 97.3 Å². The van der Waals surface area contributed by atoms with E-state index in [1.165, 1.54) is 31.3 Å². The van der Waals surface area contributed by atoms with Gasteiger partial charge in [0, 0.05) is 39.3 Å². The highest BCUT2D eigenvalue weighted by molar-refractivity contribution is 7.89. The van der Waals surface area contributed by atoms with E-state index in [4.69, 9.17) is 10.2 Å². The van der Waals surface area contributed by atoms with Crippen LogP contribution in [0.5, 0.6) is 0 Å². The van der Waals surface area contributed by atoms with E-state index in [9.17, 15) is 27.6 Å². The number of carboxylic acid groups (broad SMARTS) is 2. The van der Waals surface area contributed by atoms with Crippen molar-refractivity contribution in [2.75, 3.05) is 33.8 Å². The second kappa shape index (κ2) is 31.1. The van der Waals surface area contributed by atoms with Crippen molar-refractivity contribution in [1.82, 2.24) is 10.6 Å². The van der Waals surface area contributed by atoms with E-state index >= 15 is 0 Å². The fraction of sp³-hybridized carbons (Fsp3) is 0.349. The third kappa shape index (κ3) is 39.7. The average Bonchev–Trinajstić information content (AvgIpc) is 3.08. The molecule has 0 radical (unpaired) electrons. The number of sulfone groups is 1. The van der Waals surface area contributed by atoms with Gasteiger partial charge in [0.15, 0.2) is 0 Å². The predicted molar refractivity (Wildman–Crippen MR) is 226 cm³/mol.